The van der Waals surface area contributed by atoms with Crippen LogP contribution in [0.15, 0.2) is 54.6 Å². The Morgan fingerprint density at radius 3 is 2.41 bits per heavy atom. The molecule has 2 aromatic carbocycles. The van der Waals surface area contributed by atoms with Crippen LogP contribution in [0, 0.1) is 0 Å². The van der Waals surface area contributed by atoms with E-state index in [1.807, 2.05) is 18.2 Å². The monoisotopic (exact) mass is 317 g/mol. The van der Waals surface area contributed by atoms with Crippen LogP contribution in [0.2, 0.25) is 0 Å². The van der Waals surface area contributed by atoms with Crippen molar-refractivity contribution in [3.63, 3.8) is 0 Å². The van der Waals surface area contributed by atoms with Crippen molar-refractivity contribution >= 4 is 10.1 Å². The first-order chi connectivity index (χ1) is 10.6. The minimum atomic E-state index is -3.55. The van der Waals surface area contributed by atoms with Crippen LogP contribution in [0.1, 0.15) is 11.1 Å². The van der Waals surface area contributed by atoms with Gasteiger partial charge in [-0.05, 0) is 29.7 Å². The Kier molecular flexibility index (Phi) is 4.45. The zero-order chi connectivity index (χ0) is 15.4. The minimum Gasteiger partial charge on any atom is -0.382 e. The molecule has 0 aromatic heterocycles. The molecule has 1 aliphatic rings. The Morgan fingerprint density at radius 2 is 1.64 bits per heavy atom. The summed E-state index contributed by atoms with van der Waals surface area (Å²) in [5, 5.41) is 0. The fourth-order valence-electron chi connectivity index (χ4n) is 2.65. The molecule has 0 spiro atoms. The van der Waals surface area contributed by atoms with Gasteiger partial charge in [-0.25, -0.2) is 0 Å². The highest BCUT2D eigenvalue weighted by Crippen LogP contribution is 2.18. The molecule has 1 heterocycles. The van der Waals surface area contributed by atoms with E-state index in [0.29, 0.717) is 12.3 Å². The zero-order valence-electron chi connectivity index (χ0n) is 12.3. The fraction of sp³-hybridized carbons (Fsp3) is 0.294. The van der Waals surface area contributed by atoms with Crippen LogP contribution in [-0.4, -0.2) is 32.2 Å². The molecule has 4 nitrogen and oxygen atoms in total. The van der Waals surface area contributed by atoms with Crippen molar-refractivity contribution in [2.45, 2.75) is 13.0 Å². The lowest BCUT2D eigenvalue weighted by atomic mass is 10.0. The second kappa shape index (κ2) is 6.50. The second-order valence-corrected chi connectivity index (χ2v) is 7.14. The van der Waals surface area contributed by atoms with Gasteiger partial charge < -0.3 is 4.18 Å². The third-order valence-electron chi connectivity index (χ3n) is 3.83. The van der Waals surface area contributed by atoms with Crippen molar-refractivity contribution in [2.24, 2.45) is 0 Å². The molecule has 0 fully saturated rings. The Labute approximate surface area is 131 Å². The van der Waals surface area contributed by atoms with Gasteiger partial charge >= 0.3 is 10.1 Å². The molecule has 0 saturated heterocycles. The lowest BCUT2D eigenvalue weighted by molar-refractivity contribution is 0.267. The molecule has 2 aromatic rings. The number of nitrogens with zero attached hydrogens (tertiary/aromatic N) is 1. The number of hydrogen-bond acceptors (Lipinski definition) is 4. The van der Waals surface area contributed by atoms with E-state index < -0.39 is 10.1 Å². The quantitative estimate of drug-likeness (QED) is 0.795. The number of benzene rings is 2. The number of rotatable bonds is 5. The van der Waals surface area contributed by atoms with Gasteiger partial charge in [0.2, 0.25) is 0 Å². The smallest absolute Gasteiger partial charge is 0.310 e. The fourth-order valence-corrected chi connectivity index (χ4v) is 3.62. The molecular formula is C17H19NO3S. The highest BCUT2D eigenvalue weighted by Gasteiger charge is 2.19. The summed E-state index contributed by atoms with van der Waals surface area (Å²) in [6, 6.07) is 17.0. The maximum absolute atomic E-state index is 12.0. The van der Waals surface area contributed by atoms with Gasteiger partial charge in [0.1, 0.15) is 5.75 Å². The summed E-state index contributed by atoms with van der Waals surface area (Å²) in [7, 11) is -3.55. The maximum Gasteiger partial charge on any atom is 0.310 e. The number of hydrogen-bond donors (Lipinski definition) is 0. The van der Waals surface area contributed by atoms with Gasteiger partial charge in [-0.3, -0.25) is 4.90 Å². The Morgan fingerprint density at radius 1 is 0.955 bits per heavy atom. The first kappa shape index (κ1) is 15.1. The van der Waals surface area contributed by atoms with Gasteiger partial charge in [-0.15, -0.1) is 0 Å². The van der Waals surface area contributed by atoms with Gasteiger partial charge in [0.25, 0.3) is 0 Å². The third kappa shape index (κ3) is 3.87. The van der Waals surface area contributed by atoms with Gasteiger partial charge in [0, 0.05) is 19.6 Å². The molecule has 0 unspecified atom stereocenters. The van der Waals surface area contributed by atoms with Gasteiger partial charge in [0.05, 0.1) is 5.75 Å². The summed E-state index contributed by atoms with van der Waals surface area (Å²) >= 11 is 0. The lowest BCUT2D eigenvalue weighted by Crippen LogP contribution is -2.35. The number of fused-ring (bicyclic) bond motifs is 1. The van der Waals surface area contributed by atoms with Crippen molar-refractivity contribution < 1.29 is 12.6 Å². The van der Waals surface area contributed by atoms with Crippen molar-refractivity contribution in [1.82, 2.24) is 4.90 Å². The van der Waals surface area contributed by atoms with Crippen LogP contribution in [0.25, 0.3) is 0 Å². The first-order valence-corrected chi connectivity index (χ1v) is 8.96. The summed E-state index contributed by atoms with van der Waals surface area (Å²) in [6.45, 7) is 2.18. The summed E-state index contributed by atoms with van der Waals surface area (Å²) < 4.78 is 29.2. The van der Waals surface area contributed by atoms with Crippen molar-refractivity contribution in [3.05, 3.63) is 65.7 Å². The Hall–Kier alpha value is -1.85. The van der Waals surface area contributed by atoms with E-state index >= 15 is 0 Å². The maximum atomic E-state index is 12.0. The molecular weight excluding hydrogens is 298 g/mol. The van der Waals surface area contributed by atoms with E-state index in [9.17, 15) is 8.42 Å². The van der Waals surface area contributed by atoms with Crippen LogP contribution in [0.3, 0.4) is 0 Å². The van der Waals surface area contributed by atoms with Crippen LogP contribution in [0.4, 0.5) is 0 Å². The topological polar surface area (TPSA) is 46.6 Å². The molecule has 0 N–H and O–H groups in total. The molecule has 0 aliphatic carbocycles. The van der Waals surface area contributed by atoms with Crippen LogP contribution in [-0.2, 0) is 23.1 Å². The first-order valence-electron chi connectivity index (χ1n) is 7.39. The average molecular weight is 317 g/mol. The minimum absolute atomic E-state index is 0.00403. The van der Waals surface area contributed by atoms with E-state index in [-0.39, 0.29) is 5.75 Å². The van der Waals surface area contributed by atoms with E-state index in [2.05, 4.69) is 17.0 Å². The molecule has 0 radical (unpaired) electrons. The van der Waals surface area contributed by atoms with Crippen molar-refractivity contribution in [2.75, 3.05) is 18.8 Å². The lowest BCUT2D eigenvalue weighted by Gasteiger charge is -2.28. The van der Waals surface area contributed by atoms with Crippen LogP contribution >= 0.6 is 0 Å². The summed E-state index contributed by atoms with van der Waals surface area (Å²) in [5.41, 5.74) is 2.65. The molecule has 0 saturated carbocycles. The van der Waals surface area contributed by atoms with E-state index in [1.54, 1.807) is 24.3 Å². The second-order valence-electron chi connectivity index (χ2n) is 5.45. The van der Waals surface area contributed by atoms with Gasteiger partial charge in [-0.1, -0.05) is 42.5 Å². The largest absolute Gasteiger partial charge is 0.382 e. The SMILES string of the molecule is O=S(=O)(CCN1CCc2ccccc2C1)Oc1ccccc1. The van der Waals surface area contributed by atoms with Crippen LogP contribution < -0.4 is 4.18 Å². The normalized spacial score (nSPS) is 15.3. The van der Waals surface area contributed by atoms with Crippen molar-refractivity contribution in [3.8, 4) is 5.75 Å². The van der Waals surface area contributed by atoms with Crippen LogP contribution in [0.5, 0.6) is 5.75 Å². The molecule has 22 heavy (non-hydrogen) atoms. The van der Waals surface area contributed by atoms with Gasteiger partial charge in [-0.2, -0.15) is 8.42 Å². The molecule has 0 bridgehead atoms. The molecule has 5 heteroatoms. The summed E-state index contributed by atoms with van der Waals surface area (Å²) in [4.78, 5) is 2.16. The van der Waals surface area contributed by atoms with Crippen molar-refractivity contribution in [1.29, 1.82) is 0 Å². The van der Waals surface area contributed by atoms with Gasteiger partial charge in [0.15, 0.2) is 0 Å². The van der Waals surface area contributed by atoms with E-state index in [1.165, 1.54) is 11.1 Å². The molecule has 1 aliphatic heterocycles. The Bertz CT molecular complexity index is 729. The molecule has 116 valence electrons. The zero-order valence-corrected chi connectivity index (χ0v) is 13.1. The molecule has 3 rings (SSSR count). The molecule has 0 amide bonds. The highest BCUT2D eigenvalue weighted by molar-refractivity contribution is 7.87. The predicted molar refractivity (Wildman–Crippen MR) is 86.3 cm³/mol. The highest BCUT2D eigenvalue weighted by atomic mass is 32.2. The Balaban J connectivity index is 1.57. The summed E-state index contributed by atoms with van der Waals surface area (Å²) in [6.07, 6.45) is 0.968. The average Bonchev–Trinajstić information content (AvgIpc) is 2.53. The third-order valence-corrected chi connectivity index (χ3v) is 4.96. The van der Waals surface area contributed by atoms with E-state index in [4.69, 9.17) is 4.18 Å². The standard InChI is InChI=1S/C17H19NO3S/c19-22(20,21-17-8-2-1-3-9-17)13-12-18-11-10-15-6-4-5-7-16(15)14-18/h1-9H,10-14H2. The summed E-state index contributed by atoms with van der Waals surface area (Å²) in [5.74, 6) is 0.371. The van der Waals surface area contributed by atoms with E-state index in [0.717, 1.165) is 19.5 Å². The number of para-hydroxylation sites is 1. The predicted octanol–water partition coefficient (Wildman–Crippen LogP) is 2.45. The molecule has 0 atom stereocenters.